The van der Waals surface area contributed by atoms with Crippen LogP contribution in [0.5, 0.6) is 11.5 Å². The van der Waals surface area contributed by atoms with Crippen molar-refractivity contribution >= 4 is 5.97 Å². The van der Waals surface area contributed by atoms with E-state index in [9.17, 15) is 15.0 Å². The average molecular weight is 356 g/mol. The summed E-state index contributed by atoms with van der Waals surface area (Å²) >= 11 is 0. The normalized spacial score (nSPS) is 12.7. The van der Waals surface area contributed by atoms with Crippen molar-refractivity contribution in [1.29, 1.82) is 0 Å². The number of rotatable bonds is 6. The maximum atomic E-state index is 11.4. The Morgan fingerprint density at radius 2 is 1.77 bits per heavy atom. The maximum Gasteiger partial charge on any atom is 0.339 e. The van der Waals surface area contributed by atoms with Gasteiger partial charge in [-0.3, -0.25) is 0 Å². The molecule has 0 aliphatic heterocycles. The van der Waals surface area contributed by atoms with Crippen molar-refractivity contribution < 1.29 is 19.7 Å². The molecule has 0 fully saturated rings. The molecule has 0 saturated carbocycles. The molecule has 26 heavy (non-hydrogen) atoms. The quantitative estimate of drug-likeness (QED) is 0.719. The van der Waals surface area contributed by atoms with Gasteiger partial charge in [-0.25, -0.2) is 4.79 Å². The number of ether oxygens (including phenoxy) is 1. The smallest absolute Gasteiger partial charge is 0.339 e. The summed E-state index contributed by atoms with van der Waals surface area (Å²) < 4.78 is 5.83. The van der Waals surface area contributed by atoms with Gasteiger partial charge in [0, 0.05) is 5.56 Å². The van der Waals surface area contributed by atoms with E-state index in [-0.39, 0.29) is 11.3 Å². The molecular formula is C22H28O4. The van der Waals surface area contributed by atoms with Gasteiger partial charge in [0.25, 0.3) is 0 Å². The third kappa shape index (κ3) is 4.57. The van der Waals surface area contributed by atoms with Gasteiger partial charge < -0.3 is 14.9 Å². The standard InChI is InChI=1S/C22H28O4/c1-6-14(2)16-9-7-15(8-10-16)13-26-17-11-18(21(24)25)20(23)19(12-17)22(3,4)5/h7-12,14,23H,6,13H2,1-5H3,(H,24,25). The Bertz CT molecular complexity index is 770. The number of carboxylic acid groups (broad SMARTS) is 1. The SMILES string of the molecule is CCC(C)c1ccc(COc2cc(C(=O)O)c(O)c(C(C)(C)C)c2)cc1. The molecule has 0 amide bonds. The minimum atomic E-state index is -1.17. The molecule has 2 rings (SSSR count). The monoisotopic (exact) mass is 356 g/mol. The van der Waals surface area contributed by atoms with E-state index in [1.807, 2.05) is 32.9 Å². The highest BCUT2D eigenvalue weighted by Gasteiger charge is 2.24. The topological polar surface area (TPSA) is 66.8 Å². The molecule has 2 aromatic carbocycles. The first kappa shape index (κ1) is 19.8. The van der Waals surface area contributed by atoms with Crippen molar-refractivity contribution in [3.8, 4) is 11.5 Å². The Kier molecular flexibility index (Phi) is 5.96. The molecule has 0 aliphatic carbocycles. The van der Waals surface area contributed by atoms with Crippen LogP contribution in [0.4, 0.5) is 0 Å². The van der Waals surface area contributed by atoms with Gasteiger partial charge in [-0.1, -0.05) is 58.9 Å². The molecule has 0 bridgehead atoms. The van der Waals surface area contributed by atoms with E-state index in [2.05, 4.69) is 26.0 Å². The van der Waals surface area contributed by atoms with Gasteiger partial charge in [0.15, 0.2) is 0 Å². The molecule has 1 atom stereocenters. The van der Waals surface area contributed by atoms with Crippen LogP contribution in [0.25, 0.3) is 0 Å². The molecule has 0 saturated heterocycles. The third-order valence-corrected chi connectivity index (χ3v) is 4.69. The minimum Gasteiger partial charge on any atom is -0.507 e. The van der Waals surface area contributed by atoms with Gasteiger partial charge in [0.05, 0.1) is 0 Å². The molecule has 0 aromatic heterocycles. The fourth-order valence-corrected chi connectivity index (χ4v) is 2.77. The lowest BCUT2D eigenvalue weighted by Gasteiger charge is -2.22. The molecule has 0 aliphatic rings. The van der Waals surface area contributed by atoms with Crippen molar-refractivity contribution in [2.24, 2.45) is 0 Å². The number of benzene rings is 2. The van der Waals surface area contributed by atoms with Gasteiger partial charge in [-0.05, 0) is 41.0 Å². The van der Waals surface area contributed by atoms with Crippen LogP contribution in [0.3, 0.4) is 0 Å². The number of hydrogen-bond acceptors (Lipinski definition) is 3. The maximum absolute atomic E-state index is 11.4. The van der Waals surface area contributed by atoms with Crippen molar-refractivity contribution in [2.75, 3.05) is 0 Å². The second-order valence-corrected chi connectivity index (χ2v) is 7.76. The molecule has 4 heteroatoms. The van der Waals surface area contributed by atoms with Crippen molar-refractivity contribution in [3.63, 3.8) is 0 Å². The lowest BCUT2D eigenvalue weighted by atomic mass is 9.85. The first-order valence-electron chi connectivity index (χ1n) is 8.96. The fraction of sp³-hybridized carbons (Fsp3) is 0.409. The van der Waals surface area contributed by atoms with Gasteiger partial charge in [-0.15, -0.1) is 0 Å². The number of hydrogen-bond donors (Lipinski definition) is 2. The second-order valence-electron chi connectivity index (χ2n) is 7.76. The van der Waals surface area contributed by atoms with Crippen LogP contribution >= 0.6 is 0 Å². The summed E-state index contributed by atoms with van der Waals surface area (Å²) in [6.45, 7) is 10.5. The number of carboxylic acids is 1. The Morgan fingerprint density at radius 1 is 1.15 bits per heavy atom. The third-order valence-electron chi connectivity index (χ3n) is 4.69. The van der Waals surface area contributed by atoms with E-state index in [1.165, 1.54) is 11.6 Å². The molecule has 140 valence electrons. The minimum absolute atomic E-state index is 0.139. The van der Waals surface area contributed by atoms with Crippen LogP contribution in [-0.2, 0) is 12.0 Å². The Morgan fingerprint density at radius 3 is 2.27 bits per heavy atom. The molecular weight excluding hydrogens is 328 g/mol. The van der Waals surface area contributed by atoms with Crippen LogP contribution in [0.15, 0.2) is 36.4 Å². The number of carbonyl (C=O) groups is 1. The number of phenols is 1. The highest BCUT2D eigenvalue weighted by Crippen LogP contribution is 2.37. The predicted octanol–water partition coefficient (Wildman–Crippen LogP) is 5.48. The van der Waals surface area contributed by atoms with Crippen LogP contribution in [-0.4, -0.2) is 16.2 Å². The molecule has 0 heterocycles. The van der Waals surface area contributed by atoms with Crippen LogP contribution in [0.2, 0.25) is 0 Å². The summed E-state index contributed by atoms with van der Waals surface area (Å²) in [7, 11) is 0. The van der Waals surface area contributed by atoms with Crippen molar-refractivity contribution in [2.45, 2.75) is 59.0 Å². The van der Waals surface area contributed by atoms with E-state index >= 15 is 0 Å². The Balaban J connectivity index is 2.24. The molecule has 0 spiro atoms. The van der Waals surface area contributed by atoms with Crippen LogP contribution < -0.4 is 4.74 Å². The summed E-state index contributed by atoms with van der Waals surface area (Å²) in [6, 6.07) is 11.4. The fourth-order valence-electron chi connectivity index (χ4n) is 2.77. The Labute approximate surface area is 155 Å². The zero-order valence-corrected chi connectivity index (χ0v) is 16.2. The van der Waals surface area contributed by atoms with Crippen LogP contribution in [0.1, 0.15) is 74.0 Å². The highest BCUT2D eigenvalue weighted by molar-refractivity contribution is 5.92. The van der Waals surface area contributed by atoms with E-state index in [4.69, 9.17) is 4.74 Å². The molecule has 2 aromatic rings. The lowest BCUT2D eigenvalue weighted by molar-refractivity contribution is 0.0692. The lowest BCUT2D eigenvalue weighted by Crippen LogP contribution is -2.14. The Hall–Kier alpha value is -2.49. The predicted molar refractivity (Wildman–Crippen MR) is 103 cm³/mol. The van der Waals surface area contributed by atoms with Crippen molar-refractivity contribution in [3.05, 3.63) is 58.7 Å². The van der Waals surface area contributed by atoms with E-state index in [0.29, 0.717) is 23.8 Å². The molecule has 2 N–H and O–H groups in total. The first-order valence-corrected chi connectivity index (χ1v) is 8.96. The average Bonchev–Trinajstić information content (AvgIpc) is 2.59. The zero-order chi connectivity index (χ0) is 19.5. The van der Waals surface area contributed by atoms with E-state index in [1.54, 1.807) is 6.07 Å². The summed E-state index contributed by atoms with van der Waals surface area (Å²) in [5, 5.41) is 19.6. The highest BCUT2D eigenvalue weighted by atomic mass is 16.5. The largest absolute Gasteiger partial charge is 0.507 e. The summed E-state index contributed by atoms with van der Waals surface area (Å²) in [5.74, 6) is -0.405. The van der Waals surface area contributed by atoms with E-state index in [0.717, 1.165) is 12.0 Å². The zero-order valence-electron chi connectivity index (χ0n) is 16.2. The van der Waals surface area contributed by atoms with Gasteiger partial charge in [0.1, 0.15) is 23.7 Å². The van der Waals surface area contributed by atoms with E-state index < -0.39 is 11.4 Å². The molecule has 0 radical (unpaired) electrons. The summed E-state index contributed by atoms with van der Waals surface area (Å²) in [6.07, 6.45) is 1.09. The molecule has 4 nitrogen and oxygen atoms in total. The molecule has 1 unspecified atom stereocenters. The van der Waals surface area contributed by atoms with Gasteiger partial charge in [-0.2, -0.15) is 0 Å². The number of aromatic carboxylic acids is 1. The summed E-state index contributed by atoms with van der Waals surface area (Å²) in [5.41, 5.74) is 2.33. The van der Waals surface area contributed by atoms with Gasteiger partial charge in [0.2, 0.25) is 0 Å². The first-order chi connectivity index (χ1) is 12.1. The van der Waals surface area contributed by atoms with Crippen LogP contribution in [0, 0.1) is 0 Å². The number of aromatic hydroxyl groups is 1. The summed E-state index contributed by atoms with van der Waals surface area (Å²) in [4.78, 5) is 11.4. The second kappa shape index (κ2) is 7.81. The van der Waals surface area contributed by atoms with Crippen molar-refractivity contribution in [1.82, 2.24) is 0 Å². The van der Waals surface area contributed by atoms with Gasteiger partial charge >= 0.3 is 5.97 Å².